The zero-order chi connectivity index (χ0) is 22.8. The molecule has 7 rings (SSSR count). The van der Waals surface area contributed by atoms with Crippen LogP contribution in [0.5, 0.6) is 0 Å². The maximum atomic E-state index is 2.38. The van der Waals surface area contributed by atoms with Crippen LogP contribution >= 0.6 is 0 Å². The van der Waals surface area contributed by atoms with Crippen molar-refractivity contribution in [2.45, 2.75) is 13.8 Å². The lowest BCUT2D eigenvalue weighted by atomic mass is 10.1. The smallest absolute Gasteiger partial charge is 0.0541 e. The van der Waals surface area contributed by atoms with E-state index < -0.39 is 0 Å². The first-order valence-corrected chi connectivity index (χ1v) is 11.8. The molecule has 7 aromatic rings. The van der Waals surface area contributed by atoms with Gasteiger partial charge in [-0.05, 0) is 74.5 Å². The summed E-state index contributed by atoms with van der Waals surface area (Å²) in [6.07, 6.45) is 0. The van der Waals surface area contributed by atoms with Crippen molar-refractivity contribution in [1.82, 2.24) is 9.13 Å². The topological polar surface area (TPSA) is 9.86 Å². The van der Waals surface area contributed by atoms with E-state index >= 15 is 0 Å². The van der Waals surface area contributed by atoms with Gasteiger partial charge in [0.2, 0.25) is 0 Å². The Morgan fingerprint density at radius 3 is 1.21 bits per heavy atom. The third kappa shape index (κ3) is 2.69. The molecule has 0 saturated heterocycles. The molecule has 0 bridgehead atoms. The highest BCUT2D eigenvalue weighted by Gasteiger charge is 2.14. The van der Waals surface area contributed by atoms with Crippen LogP contribution in [-0.2, 0) is 0 Å². The normalized spacial score (nSPS) is 11.8. The van der Waals surface area contributed by atoms with Gasteiger partial charge in [0, 0.05) is 32.9 Å². The summed E-state index contributed by atoms with van der Waals surface area (Å²) < 4.78 is 4.76. The maximum Gasteiger partial charge on any atom is 0.0541 e. The number of hydrogen-bond acceptors (Lipinski definition) is 0. The van der Waals surface area contributed by atoms with E-state index in [4.69, 9.17) is 0 Å². The number of fused-ring (bicyclic) bond motifs is 6. The quantitative estimate of drug-likeness (QED) is 0.257. The summed E-state index contributed by atoms with van der Waals surface area (Å²) in [5.41, 5.74) is 9.88. The minimum absolute atomic E-state index is 1.18. The molecule has 0 aliphatic carbocycles. The molecule has 2 aromatic heterocycles. The lowest BCUT2D eigenvalue weighted by molar-refractivity contribution is 1.14. The van der Waals surface area contributed by atoms with Gasteiger partial charge in [-0.25, -0.2) is 0 Å². The van der Waals surface area contributed by atoms with E-state index in [0.29, 0.717) is 0 Å². The number of nitrogens with zero attached hydrogens (tertiary/aromatic N) is 2. The Balaban J connectivity index is 1.46. The molecule has 0 spiro atoms. The number of benzene rings is 5. The molecule has 2 heterocycles. The predicted octanol–water partition coefficient (Wildman–Crippen LogP) is 8.50. The van der Waals surface area contributed by atoms with Gasteiger partial charge in [0.05, 0.1) is 22.1 Å². The molecule has 0 unspecified atom stereocenters. The Bertz CT molecular complexity index is 1720. The molecule has 34 heavy (non-hydrogen) atoms. The van der Waals surface area contributed by atoms with Crippen molar-refractivity contribution in [2.24, 2.45) is 0 Å². The highest BCUT2D eigenvalue weighted by Crippen LogP contribution is 2.35. The lowest BCUT2D eigenvalue weighted by Crippen LogP contribution is -1.97. The van der Waals surface area contributed by atoms with Crippen LogP contribution in [0.2, 0.25) is 0 Å². The van der Waals surface area contributed by atoms with Crippen molar-refractivity contribution >= 4 is 43.6 Å². The van der Waals surface area contributed by atoms with Gasteiger partial charge in [0.15, 0.2) is 0 Å². The average molecular weight is 437 g/mol. The Morgan fingerprint density at radius 2 is 0.765 bits per heavy atom. The fourth-order valence-corrected chi connectivity index (χ4v) is 5.48. The number of aromatic nitrogens is 2. The third-order valence-electron chi connectivity index (χ3n) is 7.02. The maximum absolute atomic E-state index is 2.38. The molecule has 0 atom stereocenters. The second-order valence-electron chi connectivity index (χ2n) is 9.26. The summed E-state index contributed by atoms with van der Waals surface area (Å²) in [5.74, 6) is 0. The first kappa shape index (κ1) is 19.2. The number of rotatable bonds is 2. The van der Waals surface area contributed by atoms with E-state index in [2.05, 4.69) is 132 Å². The highest BCUT2D eigenvalue weighted by atomic mass is 15.0. The molecule has 162 valence electrons. The SMILES string of the molecule is Cc1ccc2c(c1)c1ccccc1n2-c1ccc(-n2c3ccccc3c3cc(C)ccc32)cc1. The Kier molecular flexibility index (Phi) is 4.01. The minimum Gasteiger partial charge on any atom is -0.309 e. The van der Waals surface area contributed by atoms with Gasteiger partial charge >= 0.3 is 0 Å². The van der Waals surface area contributed by atoms with E-state index in [1.165, 1.54) is 66.1 Å². The molecule has 5 aromatic carbocycles. The van der Waals surface area contributed by atoms with Gasteiger partial charge in [-0.15, -0.1) is 0 Å². The van der Waals surface area contributed by atoms with Gasteiger partial charge in [0.1, 0.15) is 0 Å². The lowest BCUT2D eigenvalue weighted by Gasteiger charge is -2.12. The average Bonchev–Trinajstić information content (AvgIpc) is 3.37. The first-order valence-electron chi connectivity index (χ1n) is 11.8. The van der Waals surface area contributed by atoms with Crippen LogP contribution in [0.1, 0.15) is 11.1 Å². The summed E-state index contributed by atoms with van der Waals surface area (Å²) in [6, 6.07) is 39.8. The van der Waals surface area contributed by atoms with Crippen molar-refractivity contribution in [1.29, 1.82) is 0 Å². The van der Waals surface area contributed by atoms with Crippen molar-refractivity contribution in [3.8, 4) is 11.4 Å². The van der Waals surface area contributed by atoms with Gasteiger partial charge in [0.25, 0.3) is 0 Å². The van der Waals surface area contributed by atoms with Gasteiger partial charge < -0.3 is 9.13 Å². The summed E-state index contributed by atoms with van der Waals surface area (Å²) in [7, 11) is 0. The summed E-state index contributed by atoms with van der Waals surface area (Å²) >= 11 is 0. The van der Waals surface area contributed by atoms with Crippen LogP contribution in [0.25, 0.3) is 55.0 Å². The second kappa shape index (κ2) is 7.10. The molecule has 0 aliphatic rings. The third-order valence-corrected chi connectivity index (χ3v) is 7.02. The van der Waals surface area contributed by atoms with E-state index in [-0.39, 0.29) is 0 Å². The molecule has 2 heteroatoms. The molecule has 0 aliphatic heterocycles. The zero-order valence-corrected chi connectivity index (χ0v) is 19.3. The number of aryl methyl sites for hydroxylation is 2. The highest BCUT2D eigenvalue weighted by molar-refractivity contribution is 6.10. The molecule has 0 N–H and O–H groups in total. The van der Waals surface area contributed by atoms with Crippen LogP contribution in [-0.4, -0.2) is 9.13 Å². The molecule has 0 saturated carbocycles. The van der Waals surface area contributed by atoms with Crippen LogP contribution in [0.15, 0.2) is 109 Å². The number of para-hydroxylation sites is 2. The van der Waals surface area contributed by atoms with Crippen molar-refractivity contribution in [3.05, 3.63) is 120 Å². The fraction of sp³-hybridized carbons (Fsp3) is 0.0625. The van der Waals surface area contributed by atoms with Crippen molar-refractivity contribution in [2.75, 3.05) is 0 Å². The summed E-state index contributed by atoms with van der Waals surface area (Å²) in [4.78, 5) is 0. The summed E-state index contributed by atoms with van der Waals surface area (Å²) in [5, 5.41) is 5.20. The van der Waals surface area contributed by atoms with Gasteiger partial charge in [-0.3, -0.25) is 0 Å². The zero-order valence-electron chi connectivity index (χ0n) is 19.3. The van der Waals surface area contributed by atoms with E-state index in [1.54, 1.807) is 0 Å². The Morgan fingerprint density at radius 1 is 0.382 bits per heavy atom. The van der Waals surface area contributed by atoms with E-state index in [1.807, 2.05) is 0 Å². The molecular weight excluding hydrogens is 412 g/mol. The Hall–Kier alpha value is -4.30. The Labute approximate surface area is 198 Å². The van der Waals surface area contributed by atoms with Gasteiger partial charge in [-0.2, -0.15) is 0 Å². The minimum atomic E-state index is 1.18. The monoisotopic (exact) mass is 436 g/mol. The molecule has 2 nitrogen and oxygen atoms in total. The van der Waals surface area contributed by atoms with Crippen molar-refractivity contribution in [3.63, 3.8) is 0 Å². The molecule has 0 fully saturated rings. The van der Waals surface area contributed by atoms with Crippen LogP contribution in [0, 0.1) is 13.8 Å². The van der Waals surface area contributed by atoms with Crippen LogP contribution in [0.3, 0.4) is 0 Å². The van der Waals surface area contributed by atoms with Crippen LogP contribution in [0.4, 0.5) is 0 Å². The van der Waals surface area contributed by atoms with E-state index in [0.717, 1.165) is 0 Å². The largest absolute Gasteiger partial charge is 0.309 e. The van der Waals surface area contributed by atoms with E-state index in [9.17, 15) is 0 Å². The standard InChI is InChI=1S/C32H24N2/c1-21-11-17-31-27(19-21)25-7-3-5-9-29(25)33(31)23-13-15-24(16-14-23)34-30-10-6-4-8-26(30)28-20-22(2)12-18-32(28)34/h3-20H,1-2H3. The predicted molar refractivity (Wildman–Crippen MR) is 145 cm³/mol. The molecule has 0 amide bonds. The van der Waals surface area contributed by atoms with Crippen molar-refractivity contribution < 1.29 is 0 Å². The summed E-state index contributed by atoms with van der Waals surface area (Å²) in [6.45, 7) is 4.32. The molecular formula is C32H24N2. The first-order chi connectivity index (χ1) is 16.7. The fourth-order valence-electron chi connectivity index (χ4n) is 5.48. The number of hydrogen-bond donors (Lipinski definition) is 0. The van der Waals surface area contributed by atoms with Gasteiger partial charge in [-0.1, -0.05) is 59.7 Å². The molecule has 0 radical (unpaired) electrons. The second-order valence-corrected chi connectivity index (χ2v) is 9.26. The van der Waals surface area contributed by atoms with Crippen LogP contribution < -0.4 is 0 Å².